The number of para-hydroxylation sites is 1. The number of benzene rings is 1. The lowest BCUT2D eigenvalue weighted by Crippen LogP contribution is -2.08. The summed E-state index contributed by atoms with van der Waals surface area (Å²) in [5.41, 5.74) is 0.986. The summed E-state index contributed by atoms with van der Waals surface area (Å²) < 4.78 is 41.4. The maximum atomic E-state index is 13.3. The number of ketones is 1. The standard InChI is InChI=1S/C21H15F3N4OS/c1-12-9-11-30-18(12)7-6-17(29)19-13(2)28(27-26-19)16-8-10-25-20-14(16)4-3-5-15(20)21(22,23)24/h3-11H,1-2H3/b7-6+. The molecule has 0 bridgehead atoms. The number of rotatable bonds is 4. The van der Waals surface area contributed by atoms with Crippen molar-refractivity contribution in [3.63, 3.8) is 0 Å². The van der Waals surface area contributed by atoms with Gasteiger partial charge in [0.25, 0.3) is 0 Å². The highest BCUT2D eigenvalue weighted by Crippen LogP contribution is 2.35. The van der Waals surface area contributed by atoms with Crippen molar-refractivity contribution >= 4 is 34.1 Å². The Balaban J connectivity index is 1.76. The maximum Gasteiger partial charge on any atom is 0.418 e. The Hall–Kier alpha value is -3.33. The number of hydrogen-bond acceptors (Lipinski definition) is 5. The molecule has 0 aliphatic carbocycles. The van der Waals surface area contributed by atoms with E-state index >= 15 is 0 Å². The van der Waals surface area contributed by atoms with Crippen molar-refractivity contribution in [2.24, 2.45) is 0 Å². The summed E-state index contributed by atoms with van der Waals surface area (Å²) in [4.78, 5) is 17.5. The zero-order valence-electron chi connectivity index (χ0n) is 15.9. The summed E-state index contributed by atoms with van der Waals surface area (Å²) in [6.45, 7) is 3.60. The minimum atomic E-state index is -4.53. The van der Waals surface area contributed by atoms with Crippen molar-refractivity contribution in [3.05, 3.63) is 75.4 Å². The van der Waals surface area contributed by atoms with Gasteiger partial charge in [0, 0.05) is 16.5 Å². The van der Waals surface area contributed by atoms with Crippen LogP contribution in [0.4, 0.5) is 13.2 Å². The normalized spacial score (nSPS) is 12.2. The number of halogens is 3. The summed E-state index contributed by atoms with van der Waals surface area (Å²) in [6, 6.07) is 7.35. The van der Waals surface area contributed by atoms with Crippen LogP contribution in [0.3, 0.4) is 0 Å². The Kier molecular flexibility index (Phi) is 4.98. The molecule has 0 radical (unpaired) electrons. The van der Waals surface area contributed by atoms with Gasteiger partial charge in [-0.1, -0.05) is 17.3 Å². The van der Waals surface area contributed by atoms with Gasteiger partial charge < -0.3 is 0 Å². The Bertz CT molecular complexity index is 1290. The van der Waals surface area contributed by atoms with Crippen molar-refractivity contribution in [1.29, 1.82) is 0 Å². The molecule has 4 aromatic rings. The third-order valence-electron chi connectivity index (χ3n) is 4.70. The Labute approximate surface area is 173 Å². The fraction of sp³-hybridized carbons (Fsp3) is 0.143. The first kappa shape index (κ1) is 20.0. The molecule has 9 heteroatoms. The number of allylic oxidation sites excluding steroid dienone is 1. The highest BCUT2D eigenvalue weighted by molar-refractivity contribution is 7.11. The lowest BCUT2D eigenvalue weighted by atomic mass is 10.1. The third-order valence-corrected chi connectivity index (χ3v) is 5.68. The van der Waals surface area contributed by atoms with Crippen LogP contribution in [0, 0.1) is 13.8 Å². The van der Waals surface area contributed by atoms with E-state index in [2.05, 4.69) is 15.3 Å². The fourth-order valence-corrected chi connectivity index (χ4v) is 3.97. The second-order valence-electron chi connectivity index (χ2n) is 6.63. The van der Waals surface area contributed by atoms with Crippen LogP contribution < -0.4 is 0 Å². The van der Waals surface area contributed by atoms with Crippen LogP contribution in [0.1, 0.15) is 32.2 Å². The Morgan fingerprint density at radius 3 is 2.67 bits per heavy atom. The van der Waals surface area contributed by atoms with Gasteiger partial charge in [-0.25, -0.2) is 4.68 Å². The summed E-state index contributed by atoms with van der Waals surface area (Å²) in [6.07, 6.45) is -0.103. The molecule has 0 aliphatic rings. The van der Waals surface area contributed by atoms with Crippen LogP contribution in [0.25, 0.3) is 22.7 Å². The molecule has 0 spiro atoms. The van der Waals surface area contributed by atoms with Gasteiger partial charge in [-0.3, -0.25) is 9.78 Å². The first-order chi connectivity index (χ1) is 14.3. The van der Waals surface area contributed by atoms with Gasteiger partial charge in [0.15, 0.2) is 5.69 Å². The predicted molar refractivity (Wildman–Crippen MR) is 109 cm³/mol. The largest absolute Gasteiger partial charge is 0.418 e. The van der Waals surface area contributed by atoms with E-state index in [0.29, 0.717) is 11.4 Å². The highest BCUT2D eigenvalue weighted by Gasteiger charge is 2.33. The average Bonchev–Trinajstić information content (AvgIpc) is 3.29. The number of hydrogen-bond donors (Lipinski definition) is 0. The van der Waals surface area contributed by atoms with Crippen molar-refractivity contribution in [2.75, 3.05) is 0 Å². The summed E-state index contributed by atoms with van der Waals surface area (Å²) >= 11 is 1.52. The van der Waals surface area contributed by atoms with E-state index in [1.807, 2.05) is 18.4 Å². The van der Waals surface area contributed by atoms with E-state index in [1.165, 1.54) is 40.4 Å². The van der Waals surface area contributed by atoms with Gasteiger partial charge in [-0.15, -0.1) is 16.4 Å². The SMILES string of the molecule is Cc1ccsc1/C=C/C(=O)c1nnn(-c2ccnc3c(C(F)(F)F)cccc23)c1C. The lowest BCUT2D eigenvalue weighted by Gasteiger charge is -2.12. The molecule has 3 aromatic heterocycles. The van der Waals surface area contributed by atoms with E-state index in [1.54, 1.807) is 19.1 Å². The first-order valence-corrected chi connectivity index (χ1v) is 9.79. The zero-order chi connectivity index (χ0) is 21.5. The number of aromatic nitrogens is 4. The Morgan fingerprint density at radius 1 is 1.17 bits per heavy atom. The second kappa shape index (κ2) is 7.49. The molecule has 0 saturated carbocycles. The van der Waals surface area contributed by atoms with Gasteiger partial charge in [-0.05, 0) is 55.1 Å². The number of nitrogens with zero attached hydrogens (tertiary/aromatic N) is 4. The van der Waals surface area contributed by atoms with E-state index < -0.39 is 11.7 Å². The van der Waals surface area contributed by atoms with Gasteiger partial charge in [0.05, 0.1) is 22.5 Å². The molecule has 4 rings (SSSR count). The number of fused-ring (bicyclic) bond motifs is 1. The lowest BCUT2D eigenvalue weighted by molar-refractivity contribution is -0.136. The van der Waals surface area contributed by atoms with Gasteiger partial charge in [-0.2, -0.15) is 13.2 Å². The fourth-order valence-electron chi connectivity index (χ4n) is 3.15. The minimum absolute atomic E-state index is 0.136. The smallest absolute Gasteiger partial charge is 0.287 e. The molecule has 3 heterocycles. The topological polar surface area (TPSA) is 60.7 Å². The molecule has 30 heavy (non-hydrogen) atoms. The molecule has 0 fully saturated rings. The van der Waals surface area contributed by atoms with Gasteiger partial charge in [0.1, 0.15) is 0 Å². The van der Waals surface area contributed by atoms with Crippen LogP contribution in [-0.2, 0) is 6.18 Å². The van der Waals surface area contributed by atoms with E-state index in [0.717, 1.165) is 16.5 Å². The van der Waals surface area contributed by atoms with Crippen LogP contribution in [-0.4, -0.2) is 25.8 Å². The van der Waals surface area contributed by atoms with E-state index in [-0.39, 0.29) is 22.4 Å². The van der Waals surface area contributed by atoms with Crippen LogP contribution in [0.5, 0.6) is 0 Å². The van der Waals surface area contributed by atoms with Crippen LogP contribution in [0.15, 0.2) is 48.0 Å². The van der Waals surface area contributed by atoms with Gasteiger partial charge >= 0.3 is 6.18 Å². The molecule has 1 aromatic carbocycles. The highest BCUT2D eigenvalue weighted by atomic mass is 32.1. The van der Waals surface area contributed by atoms with Gasteiger partial charge in [0.2, 0.25) is 5.78 Å². The van der Waals surface area contributed by atoms with Crippen molar-refractivity contribution < 1.29 is 18.0 Å². The molecule has 0 amide bonds. The zero-order valence-corrected chi connectivity index (χ0v) is 16.8. The quantitative estimate of drug-likeness (QED) is 0.322. The number of thiophene rings is 1. The number of pyridine rings is 1. The first-order valence-electron chi connectivity index (χ1n) is 8.91. The summed E-state index contributed by atoms with van der Waals surface area (Å²) in [5, 5.41) is 10.2. The van der Waals surface area contributed by atoms with Crippen molar-refractivity contribution in [1.82, 2.24) is 20.0 Å². The molecule has 0 saturated heterocycles. The monoisotopic (exact) mass is 428 g/mol. The molecule has 5 nitrogen and oxygen atoms in total. The third kappa shape index (κ3) is 3.52. The van der Waals surface area contributed by atoms with Crippen molar-refractivity contribution in [3.8, 4) is 5.69 Å². The van der Waals surface area contributed by atoms with Crippen molar-refractivity contribution in [2.45, 2.75) is 20.0 Å². The number of carbonyl (C=O) groups excluding carboxylic acids is 1. The number of alkyl halides is 3. The number of aryl methyl sites for hydroxylation is 1. The summed E-state index contributed by atoms with van der Waals surface area (Å²) in [5.74, 6) is -0.333. The molecule has 0 atom stereocenters. The van der Waals surface area contributed by atoms with E-state index in [4.69, 9.17) is 0 Å². The summed E-state index contributed by atoms with van der Waals surface area (Å²) in [7, 11) is 0. The minimum Gasteiger partial charge on any atom is -0.287 e. The molecular weight excluding hydrogens is 413 g/mol. The average molecular weight is 428 g/mol. The molecule has 0 N–H and O–H groups in total. The maximum absolute atomic E-state index is 13.3. The Morgan fingerprint density at radius 2 is 1.97 bits per heavy atom. The van der Waals surface area contributed by atoms with E-state index in [9.17, 15) is 18.0 Å². The number of carbonyl (C=O) groups is 1. The second-order valence-corrected chi connectivity index (χ2v) is 7.58. The van der Waals surface area contributed by atoms with Crippen LogP contribution in [0.2, 0.25) is 0 Å². The molecule has 152 valence electrons. The molecule has 0 unspecified atom stereocenters. The van der Waals surface area contributed by atoms with Crippen LogP contribution >= 0.6 is 11.3 Å². The molecule has 0 aliphatic heterocycles. The molecular formula is C21H15F3N4OS. The predicted octanol–water partition coefficient (Wildman–Crippen LogP) is 5.41.